The first-order valence-corrected chi connectivity index (χ1v) is 3.34. The molecule has 0 saturated heterocycles. The molecule has 0 unspecified atom stereocenters. The van der Waals surface area contributed by atoms with Gasteiger partial charge in [-0.2, -0.15) is 5.26 Å². The Morgan fingerprint density at radius 1 is 1.50 bits per heavy atom. The van der Waals surface area contributed by atoms with E-state index in [9.17, 15) is 13.2 Å². The van der Waals surface area contributed by atoms with E-state index in [1.165, 1.54) is 0 Å². The minimum atomic E-state index is -4.84. The van der Waals surface area contributed by atoms with Gasteiger partial charge in [-0.15, -0.1) is 13.2 Å². The molecule has 14 heavy (non-hydrogen) atoms. The third-order valence-electron chi connectivity index (χ3n) is 1.24. The number of nitriles is 1. The van der Waals surface area contributed by atoms with E-state index in [4.69, 9.17) is 11.0 Å². The molecule has 0 atom stereocenters. The number of hydrogen-bond donors (Lipinski definition) is 1. The summed E-state index contributed by atoms with van der Waals surface area (Å²) in [5.41, 5.74) is 5.05. The second-order valence-electron chi connectivity index (χ2n) is 2.27. The molecule has 0 fully saturated rings. The third kappa shape index (κ3) is 2.52. The van der Waals surface area contributed by atoms with E-state index in [-0.39, 0.29) is 5.56 Å². The summed E-state index contributed by atoms with van der Waals surface area (Å²) in [5.74, 6) is -1.09. The van der Waals surface area contributed by atoms with Crippen LogP contribution in [0.15, 0.2) is 12.3 Å². The lowest BCUT2D eigenvalue weighted by Gasteiger charge is -2.09. The molecule has 0 saturated carbocycles. The molecule has 4 nitrogen and oxygen atoms in total. The SMILES string of the molecule is N#Cc1cnc(N)c(OC(F)(F)F)c1. The van der Waals surface area contributed by atoms with Gasteiger partial charge in [-0.3, -0.25) is 0 Å². The molecule has 0 bridgehead atoms. The third-order valence-corrected chi connectivity index (χ3v) is 1.24. The van der Waals surface area contributed by atoms with E-state index >= 15 is 0 Å². The molecule has 1 rings (SSSR count). The Morgan fingerprint density at radius 2 is 2.14 bits per heavy atom. The van der Waals surface area contributed by atoms with Crippen molar-refractivity contribution in [3.8, 4) is 11.8 Å². The monoisotopic (exact) mass is 203 g/mol. The van der Waals surface area contributed by atoms with Crippen molar-refractivity contribution in [1.82, 2.24) is 4.98 Å². The van der Waals surface area contributed by atoms with Crippen LogP contribution in [0.3, 0.4) is 0 Å². The van der Waals surface area contributed by atoms with Gasteiger partial charge in [-0.05, 0) is 0 Å². The van der Waals surface area contributed by atoms with Crippen molar-refractivity contribution in [2.24, 2.45) is 0 Å². The van der Waals surface area contributed by atoms with Gasteiger partial charge in [0.05, 0.1) is 5.56 Å². The maximum Gasteiger partial charge on any atom is 0.573 e. The van der Waals surface area contributed by atoms with Crippen LogP contribution in [-0.4, -0.2) is 11.3 Å². The molecule has 1 aromatic rings. The van der Waals surface area contributed by atoms with Crippen LogP contribution in [0.2, 0.25) is 0 Å². The van der Waals surface area contributed by atoms with Crippen molar-refractivity contribution in [3.63, 3.8) is 0 Å². The van der Waals surface area contributed by atoms with Crippen LogP contribution in [0.25, 0.3) is 0 Å². The zero-order chi connectivity index (χ0) is 10.8. The molecule has 1 aromatic heterocycles. The second-order valence-corrected chi connectivity index (χ2v) is 2.27. The van der Waals surface area contributed by atoms with Crippen molar-refractivity contribution in [2.45, 2.75) is 6.36 Å². The van der Waals surface area contributed by atoms with Crippen LogP contribution in [0.4, 0.5) is 19.0 Å². The molecule has 0 amide bonds. The fourth-order valence-electron chi connectivity index (χ4n) is 0.723. The van der Waals surface area contributed by atoms with Crippen molar-refractivity contribution in [3.05, 3.63) is 17.8 Å². The molecule has 0 spiro atoms. The normalized spacial score (nSPS) is 10.7. The van der Waals surface area contributed by atoms with Crippen LogP contribution in [0, 0.1) is 11.3 Å². The summed E-state index contributed by atoms with van der Waals surface area (Å²) < 4.78 is 38.8. The lowest BCUT2D eigenvalue weighted by Crippen LogP contribution is -2.18. The van der Waals surface area contributed by atoms with E-state index in [1.807, 2.05) is 0 Å². The number of ether oxygens (including phenoxy) is 1. The number of nitrogens with zero attached hydrogens (tertiary/aromatic N) is 2. The first-order valence-electron chi connectivity index (χ1n) is 3.34. The minimum Gasteiger partial charge on any atom is -0.402 e. The van der Waals surface area contributed by atoms with Crippen LogP contribution in [-0.2, 0) is 0 Å². The number of pyridine rings is 1. The molecule has 2 N–H and O–H groups in total. The van der Waals surface area contributed by atoms with Gasteiger partial charge < -0.3 is 10.5 Å². The number of rotatable bonds is 1. The highest BCUT2D eigenvalue weighted by Crippen LogP contribution is 2.27. The topological polar surface area (TPSA) is 71.9 Å². The summed E-state index contributed by atoms with van der Waals surface area (Å²) in [6.45, 7) is 0. The smallest absolute Gasteiger partial charge is 0.402 e. The maximum atomic E-state index is 11.8. The Hall–Kier alpha value is -1.97. The number of anilines is 1. The number of alkyl halides is 3. The summed E-state index contributed by atoms with van der Waals surface area (Å²) in [5, 5.41) is 8.38. The average molecular weight is 203 g/mol. The standard InChI is InChI=1S/C7H4F3N3O/c8-7(9,10)14-5-1-4(2-11)3-13-6(5)12/h1,3H,(H2,12,13). The van der Waals surface area contributed by atoms with Crippen LogP contribution in [0.5, 0.6) is 5.75 Å². The highest BCUT2D eigenvalue weighted by Gasteiger charge is 2.32. The molecule has 1 heterocycles. The van der Waals surface area contributed by atoms with Crippen molar-refractivity contribution >= 4 is 5.82 Å². The number of hydrogen-bond acceptors (Lipinski definition) is 4. The van der Waals surface area contributed by atoms with Gasteiger partial charge in [0.15, 0.2) is 11.6 Å². The quantitative estimate of drug-likeness (QED) is 0.749. The summed E-state index contributed by atoms with van der Waals surface area (Å²) >= 11 is 0. The highest BCUT2D eigenvalue weighted by molar-refractivity contribution is 5.49. The molecule has 74 valence electrons. The first kappa shape index (κ1) is 10.1. The van der Waals surface area contributed by atoms with E-state index in [2.05, 4.69) is 9.72 Å². The largest absolute Gasteiger partial charge is 0.573 e. The number of nitrogen functional groups attached to an aromatic ring is 1. The number of nitrogens with two attached hydrogens (primary N) is 1. The number of halogens is 3. The van der Waals surface area contributed by atoms with E-state index < -0.39 is 17.9 Å². The lowest BCUT2D eigenvalue weighted by atomic mass is 10.3. The van der Waals surface area contributed by atoms with Crippen LogP contribution in [0.1, 0.15) is 5.56 Å². The Kier molecular flexibility index (Phi) is 2.47. The van der Waals surface area contributed by atoms with Crippen molar-refractivity contribution in [1.29, 1.82) is 5.26 Å². The second kappa shape index (κ2) is 3.41. The van der Waals surface area contributed by atoms with Crippen molar-refractivity contribution in [2.75, 3.05) is 5.73 Å². The summed E-state index contributed by atoms with van der Waals surface area (Å²) in [6, 6.07) is 2.49. The Bertz CT molecular complexity index is 383. The highest BCUT2D eigenvalue weighted by atomic mass is 19.4. The average Bonchev–Trinajstić information content (AvgIpc) is 2.06. The molecule has 0 aliphatic carbocycles. The molecule has 0 aliphatic rings. The molecule has 0 radical (unpaired) electrons. The molecular weight excluding hydrogens is 199 g/mol. The number of aromatic nitrogens is 1. The minimum absolute atomic E-state index is 0.0570. The van der Waals surface area contributed by atoms with Crippen LogP contribution < -0.4 is 10.5 Å². The Balaban J connectivity index is 3.03. The zero-order valence-corrected chi connectivity index (χ0v) is 6.67. The molecule has 0 aromatic carbocycles. The van der Waals surface area contributed by atoms with E-state index in [0.29, 0.717) is 0 Å². The fourth-order valence-corrected chi connectivity index (χ4v) is 0.723. The molecule has 7 heteroatoms. The molecule has 0 aliphatic heterocycles. The van der Waals surface area contributed by atoms with Gasteiger partial charge in [0, 0.05) is 12.3 Å². The zero-order valence-electron chi connectivity index (χ0n) is 6.67. The van der Waals surface area contributed by atoms with Gasteiger partial charge in [-0.25, -0.2) is 4.98 Å². The van der Waals surface area contributed by atoms with Gasteiger partial charge in [0.25, 0.3) is 0 Å². The van der Waals surface area contributed by atoms with Gasteiger partial charge in [-0.1, -0.05) is 0 Å². The van der Waals surface area contributed by atoms with Crippen molar-refractivity contribution < 1.29 is 17.9 Å². The maximum absolute atomic E-state index is 11.8. The van der Waals surface area contributed by atoms with Gasteiger partial charge in [0.2, 0.25) is 0 Å². The van der Waals surface area contributed by atoms with E-state index in [1.54, 1.807) is 6.07 Å². The Labute approximate surface area is 76.7 Å². The summed E-state index contributed by atoms with van der Waals surface area (Å²) in [4.78, 5) is 3.36. The fraction of sp³-hybridized carbons (Fsp3) is 0.143. The van der Waals surface area contributed by atoms with Gasteiger partial charge in [0.1, 0.15) is 6.07 Å². The molecular formula is C7H4F3N3O. The predicted octanol–water partition coefficient (Wildman–Crippen LogP) is 1.43. The summed E-state index contributed by atoms with van der Waals surface area (Å²) in [6.07, 6.45) is -3.79. The Morgan fingerprint density at radius 3 is 2.64 bits per heavy atom. The first-order chi connectivity index (χ1) is 6.42. The predicted molar refractivity (Wildman–Crippen MR) is 40.0 cm³/mol. The lowest BCUT2D eigenvalue weighted by molar-refractivity contribution is -0.274. The summed E-state index contributed by atoms with van der Waals surface area (Å²) in [7, 11) is 0. The van der Waals surface area contributed by atoms with Gasteiger partial charge >= 0.3 is 6.36 Å². The van der Waals surface area contributed by atoms with E-state index in [0.717, 1.165) is 12.3 Å². The van der Waals surface area contributed by atoms with Crippen LogP contribution >= 0.6 is 0 Å².